The van der Waals surface area contributed by atoms with E-state index in [0.717, 1.165) is 5.56 Å². The van der Waals surface area contributed by atoms with Gasteiger partial charge in [0.25, 0.3) is 0 Å². The van der Waals surface area contributed by atoms with Crippen molar-refractivity contribution in [3.05, 3.63) is 63.7 Å². The van der Waals surface area contributed by atoms with Crippen molar-refractivity contribution in [3.63, 3.8) is 0 Å². The monoisotopic (exact) mass is 244 g/mol. The van der Waals surface area contributed by atoms with E-state index in [1.54, 1.807) is 12.1 Å². The van der Waals surface area contributed by atoms with Crippen molar-refractivity contribution >= 4 is 17.4 Å². The van der Waals surface area contributed by atoms with Crippen LogP contribution in [-0.2, 0) is 6.42 Å². The minimum Gasteiger partial charge on any atom is -0.506 e. The standard InChI is InChI=1S/C14H9ClO2/c15-12-6-5-10-11(14(12)17)7-8-3-1-2-4-9(8)13(10)16/h1-6,17H,7H2. The second-order valence-electron chi connectivity index (χ2n) is 4.09. The fourth-order valence-corrected chi connectivity index (χ4v) is 2.41. The van der Waals surface area contributed by atoms with Gasteiger partial charge in [-0.15, -0.1) is 0 Å². The van der Waals surface area contributed by atoms with Crippen LogP contribution in [0.1, 0.15) is 27.0 Å². The number of phenolic OH excluding ortho intramolecular Hbond substituents is 1. The summed E-state index contributed by atoms with van der Waals surface area (Å²) in [6, 6.07) is 10.7. The first-order valence-electron chi connectivity index (χ1n) is 5.31. The maximum Gasteiger partial charge on any atom is 0.193 e. The zero-order chi connectivity index (χ0) is 12.0. The number of aromatic hydroxyl groups is 1. The molecule has 84 valence electrons. The molecule has 17 heavy (non-hydrogen) atoms. The van der Waals surface area contributed by atoms with Gasteiger partial charge in [-0.1, -0.05) is 35.9 Å². The maximum atomic E-state index is 12.2. The van der Waals surface area contributed by atoms with Crippen LogP contribution in [0, 0.1) is 0 Å². The summed E-state index contributed by atoms with van der Waals surface area (Å²) in [6.45, 7) is 0. The molecule has 0 unspecified atom stereocenters. The topological polar surface area (TPSA) is 37.3 Å². The normalized spacial score (nSPS) is 13.1. The molecule has 1 aliphatic carbocycles. The molecule has 2 nitrogen and oxygen atoms in total. The van der Waals surface area contributed by atoms with E-state index in [1.165, 1.54) is 0 Å². The van der Waals surface area contributed by atoms with Crippen LogP contribution in [0.25, 0.3) is 0 Å². The second kappa shape index (κ2) is 3.60. The van der Waals surface area contributed by atoms with Crippen molar-refractivity contribution in [3.8, 4) is 5.75 Å². The smallest absolute Gasteiger partial charge is 0.193 e. The zero-order valence-electron chi connectivity index (χ0n) is 8.90. The molecule has 0 atom stereocenters. The van der Waals surface area contributed by atoms with Gasteiger partial charge in [0, 0.05) is 23.1 Å². The van der Waals surface area contributed by atoms with E-state index in [4.69, 9.17) is 11.6 Å². The van der Waals surface area contributed by atoms with E-state index in [9.17, 15) is 9.90 Å². The highest BCUT2D eigenvalue weighted by Gasteiger charge is 2.25. The van der Waals surface area contributed by atoms with Crippen LogP contribution in [0.2, 0.25) is 5.02 Å². The number of fused-ring (bicyclic) bond motifs is 2. The largest absolute Gasteiger partial charge is 0.506 e. The Balaban J connectivity index is 2.27. The van der Waals surface area contributed by atoms with E-state index in [-0.39, 0.29) is 16.6 Å². The molecule has 2 aromatic rings. The first-order valence-corrected chi connectivity index (χ1v) is 5.69. The fraction of sp³-hybridized carbons (Fsp3) is 0.0714. The number of carbonyl (C=O) groups excluding carboxylic acids is 1. The molecular formula is C14H9ClO2. The Hall–Kier alpha value is -1.80. The molecule has 0 aliphatic heterocycles. The maximum absolute atomic E-state index is 12.2. The van der Waals surface area contributed by atoms with Crippen LogP contribution in [0.4, 0.5) is 0 Å². The van der Waals surface area contributed by atoms with Crippen LogP contribution in [0.15, 0.2) is 36.4 Å². The van der Waals surface area contributed by atoms with E-state index in [0.29, 0.717) is 23.1 Å². The van der Waals surface area contributed by atoms with Crippen LogP contribution in [-0.4, -0.2) is 10.9 Å². The highest BCUT2D eigenvalue weighted by molar-refractivity contribution is 6.32. The van der Waals surface area contributed by atoms with Gasteiger partial charge in [-0.2, -0.15) is 0 Å². The third kappa shape index (κ3) is 1.45. The molecular weight excluding hydrogens is 236 g/mol. The van der Waals surface area contributed by atoms with Gasteiger partial charge in [-0.05, 0) is 17.7 Å². The molecule has 0 amide bonds. The molecule has 0 radical (unpaired) electrons. The van der Waals surface area contributed by atoms with Crippen molar-refractivity contribution in [1.29, 1.82) is 0 Å². The summed E-state index contributed by atoms with van der Waals surface area (Å²) in [5.74, 6) is -0.0270. The predicted molar refractivity (Wildman–Crippen MR) is 65.8 cm³/mol. The van der Waals surface area contributed by atoms with Crippen molar-refractivity contribution in [2.45, 2.75) is 6.42 Å². The molecule has 0 heterocycles. The van der Waals surface area contributed by atoms with Crippen molar-refractivity contribution in [2.75, 3.05) is 0 Å². The zero-order valence-corrected chi connectivity index (χ0v) is 9.66. The third-order valence-corrected chi connectivity index (χ3v) is 3.41. The summed E-state index contributed by atoms with van der Waals surface area (Å²) in [6.07, 6.45) is 0.545. The highest BCUT2D eigenvalue weighted by atomic mass is 35.5. The summed E-state index contributed by atoms with van der Waals surface area (Å²) in [5, 5.41) is 10.2. The minimum absolute atomic E-state index is 0.0204. The molecule has 0 bridgehead atoms. The first-order chi connectivity index (χ1) is 8.18. The molecule has 0 aromatic heterocycles. The highest BCUT2D eigenvalue weighted by Crippen LogP contribution is 2.36. The summed E-state index contributed by atoms with van der Waals surface area (Å²) in [7, 11) is 0. The van der Waals surface area contributed by atoms with E-state index >= 15 is 0 Å². The Bertz CT molecular complexity index is 632. The number of hydrogen-bond acceptors (Lipinski definition) is 2. The number of halogens is 1. The van der Waals surface area contributed by atoms with Gasteiger partial charge in [-0.25, -0.2) is 0 Å². The van der Waals surface area contributed by atoms with Crippen LogP contribution >= 0.6 is 11.6 Å². The third-order valence-electron chi connectivity index (χ3n) is 3.11. The fourth-order valence-electron chi connectivity index (χ4n) is 2.23. The molecule has 0 fully saturated rings. The van der Waals surface area contributed by atoms with E-state index in [1.807, 2.05) is 24.3 Å². The van der Waals surface area contributed by atoms with Crippen molar-refractivity contribution in [1.82, 2.24) is 0 Å². The Labute approximate surface area is 103 Å². The van der Waals surface area contributed by atoms with Gasteiger partial charge in [-0.3, -0.25) is 4.79 Å². The number of ketones is 1. The quantitative estimate of drug-likeness (QED) is 0.660. The Kier molecular flexibility index (Phi) is 2.20. The minimum atomic E-state index is -0.0474. The molecule has 0 saturated carbocycles. The summed E-state index contributed by atoms with van der Waals surface area (Å²) >= 11 is 5.86. The van der Waals surface area contributed by atoms with Gasteiger partial charge in [0.05, 0.1) is 5.02 Å². The number of rotatable bonds is 0. The van der Waals surface area contributed by atoms with E-state index < -0.39 is 0 Å². The van der Waals surface area contributed by atoms with Crippen LogP contribution in [0.5, 0.6) is 5.75 Å². The average Bonchev–Trinajstić information content (AvgIpc) is 2.35. The average molecular weight is 245 g/mol. The number of benzene rings is 2. The van der Waals surface area contributed by atoms with Gasteiger partial charge in [0.2, 0.25) is 0 Å². The Morgan fingerprint density at radius 3 is 2.65 bits per heavy atom. The SMILES string of the molecule is O=C1c2ccccc2Cc2c1ccc(Cl)c2O. The molecule has 1 N–H and O–H groups in total. The molecule has 0 saturated heterocycles. The van der Waals surface area contributed by atoms with Gasteiger partial charge in [0.1, 0.15) is 5.75 Å². The van der Waals surface area contributed by atoms with Crippen LogP contribution < -0.4 is 0 Å². The van der Waals surface area contributed by atoms with Gasteiger partial charge in [0.15, 0.2) is 5.78 Å². The van der Waals surface area contributed by atoms with Crippen molar-refractivity contribution < 1.29 is 9.90 Å². The van der Waals surface area contributed by atoms with E-state index in [2.05, 4.69) is 0 Å². The Morgan fingerprint density at radius 2 is 1.82 bits per heavy atom. The van der Waals surface area contributed by atoms with Crippen molar-refractivity contribution in [2.24, 2.45) is 0 Å². The summed E-state index contributed by atoms with van der Waals surface area (Å²) in [5.41, 5.74) is 2.82. The second-order valence-corrected chi connectivity index (χ2v) is 4.49. The predicted octanol–water partition coefficient (Wildman–Crippen LogP) is 3.18. The lowest BCUT2D eigenvalue weighted by Gasteiger charge is -2.19. The number of carbonyl (C=O) groups is 1. The lowest BCUT2D eigenvalue weighted by atomic mass is 9.85. The molecule has 3 rings (SSSR count). The summed E-state index contributed by atoms with van der Waals surface area (Å²) in [4.78, 5) is 12.2. The van der Waals surface area contributed by atoms with Gasteiger partial charge < -0.3 is 5.11 Å². The number of hydrogen-bond donors (Lipinski definition) is 1. The molecule has 0 spiro atoms. The molecule has 3 heteroatoms. The Morgan fingerprint density at radius 1 is 1.06 bits per heavy atom. The van der Waals surface area contributed by atoms with Gasteiger partial charge >= 0.3 is 0 Å². The summed E-state index contributed by atoms with van der Waals surface area (Å²) < 4.78 is 0. The van der Waals surface area contributed by atoms with Crippen LogP contribution in [0.3, 0.4) is 0 Å². The lowest BCUT2D eigenvalue weighted by Crippen LogP contribution is -2.14. The molecule has 1 aliphatic rings. The number of phenols is 1. The first kappa shape index (κ1) is 10.4. The lowest BCUT2D eigenvalue weighted by molar-refractivity contribution is 0.103. The molecule has 2 aromatic carbocycles.